The molecule has 23 heavy (non-hydrogen) atoms. The quantitative estimate of drug-likeness (QED) is 0.789. The number of nitrogens with two attached hydrogens (primary N) is 1. The van der Waals surface area contributed by atoms with Crippen molar-refractivity contribution in [1.29, 1.82) is 0 Å². The lowest BCUT2D eigenvalue weighted by Crippen LogP contribution is -2.44. The molecule has 3 N–H and O–H groups in total. The third kappa shape index (κ3) is 4.98. The Morgan fingerprint density at radius 1 is 1.26 bits per heavy atom. The summed E-state index contributed by atoms with van der Waals surface area (Å²) in [5.41, 5.74) is 5.89. The second-order valence-electron chi connectivity index (χ2n) is 5.59. The molecule has 1 aliphatic heterocycles. The number of carboxylic acid groups (broad SMARTS) is 1. The normalized spacial score (nSPS) is 17.6. The summed E-state index contributed by atoms with van der Waals surface area (Å²) in [6.07, 6.45) is 1.44. The molecule has 7 nitrogen and oxygen atoms in total. The zero-order chi connectivity index (χ0) is 16.8. The van der Waals surface area contributed by atoms with Crippen molar-refractivity contribution in [3.63, 3.8) is 0 Å². The number of carbonyl (C=O) groups excluding carboxylic acids is 2. The van der Waals surface area contributed by atoms with Crippen LogP contribution in [0.4, 0.5) is 0 Å². The van der Waals surface area contributed by atoms with Crippen molar-refractivity contribution in [2.45, 2.75) is 19.3 Å². The molecule has 0 aromatic heterocycles. The van der Waals surface area contributed by atoms with Gasteiger partial charge in [0.05, 0.1) is 12.3 Å². The van der Waals surface area contributed by atoms with Gasteiger partial charge in [-0.25, -0.2) is 0 Å². The lowest BCUT2D eigenvalue weighted by molar-refractivity contribution is -0.146. The van der Waals surface area contributed by atoms with E-state index in [1.165, 1.54) is 4.90 Å². The summed E-state index contributed by atoms with van der Waals surface area (Å²) in [7, 11) is 0. The molecule has 1 aromatic carbocycles. The number of piperidine rings is 1. The molecular formula is C16H20N2O5. The summed E-state index contributed by atoms with van der Waals surface area (Å²) in [5.74, 6) is -1.49. The van der Waals surface area contributed by atoms with Gasteiger partial charge in [0, 0.05) is 13.1 Å². The Kier molecular flexibility index (Phi) is 5.56. The highest BCUT2D eigenvalue weighted by molar-refractivity contribution is 5.79. The van der Waals surface area contributed by atoms with Gasteiger partial charge in [-0.1, -0.05) is 12.1 Å². The first-order chi connectivity index (χ1) is 11.0. The first kappa shape index (κ1) is 16.8. The number of primary amides is 1. The monoisotopic (exact) mass is 320 g/mol. The van der Waals surface area contributed by atoms with E-state index in [1.807, 2.05) is 0 Å². The van der Waals surface area contributed by atoms with Crippen molar-refractivity contribution in [3.8, 4) is 5.75 Å². The molecule has 0 saturated carbocycles. The Morgan fingerprint density at radius 2 is 1.96 bits per heavy atom. The predicted octanol–water partition coefficient (Wildman–Crippen LogP) is 0.416. The molecule has 1 atom stereocenters. The van der Waals surface area contributed by atoms with Crippen molar-refractivity contribution in [2.24, 2.45) is 11.7 Å². The average molecular weight is 320 g/mol. The number of likely N-dealkylation sites (tertiary alicyclic amines) is 1. The smallest absolute Gasteiger partial charge is 0.308 e. The maximum absolute atomic E-state index is 12.1. The first-order valence-corrected chi connectivity index (χ1v) is 7.46. The fourth-order valence-electron chi connectivity index (χ4n) is 2.55. The number of nitrogens with zero attached hydrogens (tertiary/aromatic N) is 1. The van der Waals surface area contributed by atoms with Crippen molar-refractivity contribution in [2.75, 3.05) is 19.7 Å². The molecule has 0 bridgehead atoms. The number of ether oxygens (including phenoxy) is 1. The molecule has 2 amide bonds. The fourth-order valence-corrected chi connectivity index (χ4v) is 2.55. The van der Waals surface area contributed by atoms with E-state index in [0.717, 1.165) is 5.56 Å². The van der Waals surface area contributed by atoms with E-state index in [-0.39, 0.29) is 25.5 Å². The molecule has 0 aliphatic carbocycles. The molecule has 1 aliphatic rings. The molecule has 1 saturated heterocycles. The van der Waals surface area contributed by atoms with Crippen LogP contribution in [-0.4, -0.2) is 47.5 Å². The van der Waals surface area contributed by atoms with Gasteiger partial charge in [0.15, 0.2) is 6.61 Å². The largest absolute Gasteiger partial charge is 0.484 e. The van der Waals surface area contributed by atoms with Crippen LogP contribution in [0.1, 0.15) is 18.4 Å². The van der Waals surface area contributed by atoms with Gasteiger partial charge < -0.3 is 20.5 Å². The van der Waals surface area contributed by atoms with Gasteiger partial charge in [0.25, 0.3) is 5.91 Å². The molecule has 124 valence electrons. The number of carbonyl (C=O) groups is 3. The van der Waals surface area contributed by atoms with Gasteiger partial charge in [-0.3, -0.25) is 14.4 Å². The van der Waals surface area contributed by atoms with Crippen LogP contribution >= 0.6 is 0 Å². The number of aliphatic carboxylic acids is 1. The number of benzene rings is 1. The zero-order valence-corrected chi connectivity index (χ0v) is 12.7. The number of hydrogen-bond acceptors (Lipinski definition) is 4. The van der Waals surface area contributed by atoms with Gasteiger partial charge in [0.1, 0.15) is 5.75 Å². The molecule has 0 radical (unpaired) electrons. The lowest BCUT2D eigenvalue weighted by atomic mass is 9.98. The maximum Gasteiger partial charge on any atom is 0.308 e. The van der Waals surface area contributed by atoms with E-state index in [2.05, 4.69) is 0 Å². The van der Waals surface area contributed by atoms with E-state index >= 15 is 0 Å². The van der Waals surface area contributed by atoms with E-state index < -0.39 is 17.8 Å². The van der Waals surface area contributed by atoms with Crippen molar-refractivity contribution >= 4 is 17.8 Å². The molecule has 0 spiro atoms. The Morgan fingerprint density at radius 3 is 2.57 bits per heavy atom. The molecular weight excluding hydrogens is 300 g/mol. The topological polar surface area (TPSA) is 110 Å². The highest BCUT2D eigenvalue weighted by Gasteiger charge is 2.28. The Labute approximate surface area is 134 Å². The van der Waals surface area contributed by atoms with Crippen molar-refractivity contribution in [3.05, 3.63) is 29.8 Å². The van der Waals surface area contributed by atoms with E-state index in [4.69, 9.17) is 15.6 Å². The number of hydrogen-bond donors (Lipinski definition) is 2. The van der Waals surface area contributed by atoms with Gasteiger partial charge in [0.2, 0.25) is 5.91 Å². The van der Waals surface area contributed by atoms with Gasteiger partial charge in [-0.2, -0.15) is 0 Å². The van der Waals surface area contributed by atoms with Crippen LogP contribution in [0.2, 0.25) is 0 Å². The molecule has 1 heterocycles. The lowest BCUT2D eigenvalue weighted by Gasteiger charge is -2.30. The standard InChI is InChI=1S/C16H20N2O5/c17-14(19)8-11-3-5-13(6-4-11)23-10-15(20)18-7-1-2-12(9-18)16(21)22/h3-6,12H,1-2,7-10H2,(H2,17,19)(H,21,22)/t12-/m1/s1. The van der Waals surface area contributed by atoms with Crippen molar-refractivity contribution < 1.29 is 24.2 Å². The number of rotatable bonds is 6. The number of carboxylic acids is 1. The van der Waals surface area contributed by atoms with E-state index in [9.17, 15) is 14.4 Å². The minimum Gasteiger partial charge on any atom is -0.484 e. The highest BCUT2D eigenvalue weighted by Crippen LogP contribution is 2.17. The van der Waals surface area contributed by atoms with Crippen LogP contribution in [0.3, 0.4) is 0 Å². The van der Waals surface area contributed by atoms with Gasteiger partial charge in [-0.05, 0) is 30.5 Å². The summed E-state index contributed by atoms with van der Waals surface area (Å²) < 4.78 is 5.42. The third-order valence-corrected chi connectivity index (χ3v) is 3.79. The van der Waals surface area contributed by atoms with Gasteiger partial charge >= 0.3 is 5.97 Å². The fraction of sp³-hybridized carbons (Fsp3) is 0.438. The second kappa shape index (κ2) is 7.62. The van der Waals surface area contributed by atoms with Crippen LogP contribution in [0, 0.1) is 5.92 Å². The van der Waals surface area contributed by atoms with Crippen LogP contribution < -0.4 is 10.5 Å². The second-order valence-corrected chi connectivity index (χ2v) is 5.59. The minimum atomic E-state index is -0.867. The maximum atomic E-state index is 12.1. The molecule has 0 unspecified atom stereocenters. The SMILES string of the molecule is NC(=O)Cc1ccc(OCC(=O)N2CCC[C@@H](C(=O)O)C2)cc1. The summed E-state index contributed by atoms with van der Waals surface area (Å²) in [4.78, 5) is 35.5. The van der Waals surface area contributed by atoms with E-state index in [0.29, 0.717) is 25.1 Å². The predicted molar refractivity (Wildman–Crippen MR) is 81.8 cm³/mol. The van der Waals surface area contributed by atoms with Crippen LogP contribution in [0.15, 0.2) is 24.3 Å². The molecule has 1 aromatic rings. The van der Waals surface area contributed by atoms with Crippen molar-refractivity contribution in [1.82, 2.24) is 4.90 Å². The Balaban J connectivity index is 1.84. The van der Waals surface area contributed by atoms with Crippen LogP contribution in [-0.2, 0) is 20.8 Å². The average Bonchev–Trinajstić information content (AvgIpc) is 2.53. The summed E-state index contributed by atoms with van der Waals surface area (Å²) in [6.45, 7) is 0.653. The van der Waals surface area contributed by atoms with Crippen LogP contribution in [0.25, 0.3) is 0 Å². The van der Waals surface area contributed by atoms with E-state index in [1.54, 1.807) is 24.3 Å². The minimum absolute atomic E-state index is 0.137. The highest BCUT2D eigenvalue weighted by atomic mass is 16.5. The zero-order valence-electron chi connectivity index (χ0n) is 12.7. The summed E-state index contributed by atoms with van der Waals surface area (Å²) in [6, 6.07) is 6.77. The molecule has 2 rings (SSSR count). The van der Waals surface area contributed by atoms with Gasteiger partial charge in [-0.15, -0.1) is 0 Å². The first-order valence-electron chi connectivity index (χ1n) is 7.46. The summed E-state index contributed by atoms with van der Waals surface area (Å²) in [5, 5.41) is 9.03. The Hall–Kier alpha value is -2.57. The third-order valence-electron chi connectivity index (χ3n) is 3.79. The molecule has 7 heteroatoms. The Bertz CT molecular complexity index is 585. The molecule has 1 fully saturated rings. The summed E-state index contributed by atoms with van der Waals surface area (Å²) >= 11 is 0. The number of amides is 2. The van der Waals surface area contributed by atoms with Crippen LogP contribution in [0.5, 0.6) is 5.75 Å².